The quantitative estimate of drug-likeness (QED) is 0.265. The van der Waals surface area contributed by atoms with Crippen molar-refractivity contribution in [1.82, 2.24) is 4.90 Å². The summed E-state index contributed by atoms with van der Waals surface area (Å²) in [4.78, 5) is 36.5. The summed E-state index contributed by atoms with van der Waals surface area (Å²) < 4.78 is 5.86. The van der Waals surface area contributed by atoms with E-state index in [9.17, 15) is 24.8 Å². The van der Waals surface area contributed by atoms with Crippen LogP contribution in [0.25, 0.3) is 17.4 Å². The Morgan fingerprint density at radius 1 is 1.40 bits per heavy atom. The first-order valence-corrected chi connectivity index (χ1v) is 11.3. The van der Waals surface area contributed by atoms with Crippen LogP contribution in [-0.4, -0.2) is 49.2 Å². The number of benzene rings is 1. The number of rotatable bonds is 8. The van der Waals surface area contributed by atoms with Crippen molar-refractivity contribution in [3.05, 3.63) is 57.2 Å². The number of nitrogens with zero attached hydrogens (tertiary/aromatic N) is 2. The van der Waals surface area contributed by atoms with Crippen LogP contribution in [0, 0.1) is 10.1 Å². The molecule has 2 heterocycles. The highest BCUT2D eigenvalue weighted by Gasteiger charge is 2.40. The maximum absolute atomic E-state index is 12.8. The lowest BCUT2D eigenvalue weighted by atomic mass is 10.1. The number of amides is 1. The fraction of sp³-hybridized carbons (Fsp3) is 0.211. The molecule has 30 heavy (non-hydrogen) atoms. The van der Waals surface area contributed by atoms with Gasteiger partial charge in [0.2, 0.25) is 0 Å². The van der Waals surface area contributed by atoms with Gasteiger partial charge in [0.15, 0.2) is 0 Å². The third-order valence-corrected chi connectivity index (χ3v) is 6.26. The van der Waals surface area contributed by atoms with Crippen molar-refractivity contribution < 1.29 is 24.0 Å². The molecular formula is C19H16N2O6S3. The molecule has 1 aliphatic rings. The van der Waals surface area contributed by atoms with E-state index in [0.29, 0.717) is 17.1 Å². The van der Waals surface area contributed by atoms with Crippen LogP contribution in [0.4, 0.5) is 5.69 Å². The van der Waals surface area contributed by atoms with Crippen molar-refractivity contribution in [2.45, 2.75) is 12.5 Å². The highest BCUT2D eigenvalue weighted by atomic mass is 32.2. The summed E-state index contributed by atoms with van der Waals surface area (Å²) in [6.45, 7) is 0. The first-order chi connectivity index (χ1) is 14.3. The number of nitro groups is 1. The van der Waals surface area contributed by atoms with Crippen LogP contribution >= 0.6 is 35.7 Å². The number of para-hydroxylation sites is 1. The Hall–Kier alpha value is -2.63. The maximum Gasteiger partial charge on any atom is 0.326 e. The van der Waals surface area contributed by atoms with E-state index in [1.54, 1.807) is 30.3 Å². The van der Waals surface area contributed by atoms with E-state index in [1.807, 2.05) is 6.26 Å². The summed E-state index contributed by atoms with van der Waals surface area (Å²) in [5, 5.41) is 20.7. The summed E-state index contributed by atoms with van der Waals surface area (Å²) >= 11 is 7.72. The molecule has 0 bridgehead atoms. The molecule has 3 rings (SSSR count). The molecule has 0 radical (unpaired) electrons. The summed E-state index contributed by atoms with van der Waals surface area (Å²) in [6.07, 6.45) is 3.60. The van der Waals surface area contributed by atoms with Crippen molar-refractivity contribution in [3.8, 4) is 11.3 Å². The Morgan fingerprint density at radius 2 is 2.13 bits per heavy atom. The molecule has 0 aliphatic carbocycles. The second-order valence-electron chi connectivity index (χ2n) is 6.16. The number of nitro benzene ring substituents is 1. The standard InChI is InChI=1S/C19H16N2O6S3/c1-29-9-8-14(18(23)24)20-17(22)16(30-19(20)28)10-11-6-7-15(27-11)12-4-2-3-5-13(12)21(25)26/h2-7,10,14H,8-9H2,1H3,(H,23,24)/b16-10+. The molecule has 1 aromatic carbocycles. The van der Waals surface area contributed by atoms with Crippen molar-refractivity contribution in [3.63, 3.8) is 0 Å². The highest BCUT2D eigenvalue weighted by molar-refractivity contribution is 8.26. The SMILES string of the molecule is CSCCC(C(=O)O)N1C(=O)/C(=C\c2ccc(-c3ccccc3[N+](=O)[O-])o2)SC1=S. The predicted molar refractivity (Wildman–Crippen MR) is 120 cm³/mol. The molecule has 1 saturated heterocycles. The van der Waals surface area contributed by atoms with Crippen molar-refractivity contribution >= 4 is 63.7 Å². The van der Waals surface area contributed by atoms with Gasteiger partial charge in [0.1, 0.15) is 21.9 Å². The average Bonchev–Trinajstić information content (AvgIpc) is 3.28. The van der Waals surface area contributed by atoms with Gasteiger partial charge in [0, 0.05) is 12.1 Å². The minimum absolute atomic E-state index is 0.0946. The van der Waals surface area contributed by atoms with Gasteiger partial charge in [-0.15, -0.1) is 0 Å². The number of carbonyl (C=O) groups excluding carboxylic acids is 1. The Labute approximate surface area is 185 Å². The van der Waals surface area contributed by atoms with Crippen LogP contribution in [0.15, 0.2) is 45.7 Å². The molecule has 8 nitrogen and oxygen atoms in total. The molecule has 1 unspecified atom stereocenters. The number of carbonyl (C=O) groups is 2. The van der Waals surface area contributed by atoms with Gasteiger partial charge < -0.3 is 9.52 Å². The van der Waals surface area contributed by atoms with Crippen LogP contribution < -0.4 is 0 Å². The topological polar surface area (TPSA) is 114 Å². The Bertz CT molecular complexity index is 1050. The summed E-state index contributed by atoms with van der Waals surface area (Å²) in [5.41, 5.74) is 0.223. The molecule has 0 spiro atoms. The third kappa shape index (κ3) is 4.58. The van der Waals surface area contributed by atoms with E-state index in [0.717, 1.165) is 16.7 Å². The normalized spacial score (nSPS) is 16.3. The Morgan fingerprint density at radius 3 is 2.80 bits per heavy atom. The summed E-state index contributed by atoms with van der Waals surface area (Å²) in [7, 11) is 0. The van der Waals surface area contributed by atoms with Gasteiger partial charge in [-0.1, -0.05) is 36.1 Å². The maximum atomic E-state index is 12.8. The second-order valence-corrected chi connectivity index (χ2v) is 8.82. The van der Waals surface area contributed by atoms with Crippen molar-refractivity contribution in [1.29, 1.82) is 0 Å². The Balaban J connectivity index is 1.87. The molecule has 11 heteroatoms. The fourth-order valence-electron chi connectivity index (χ4n) is 2.89. The van der Waals surface area contributed by atoms with E-state index < -0.39 is 22.8 Å². The minimum Gasteiger partial charge on any atom is -0.480 e. The van der Waals surface area contributed by atoms with Gasteiger partial charge in [0.25, 0.3) is 11.6 Å². The first kappa shape index (κ1) is 22.1. The van der Waals surface area contributed by atoms with E-state index in [-0.39, 0.29) is 27.1 Å². The van der Waals surface area contributed by atoms with Gasteiger partial charge >= 0.3 is 5.97 Å². The zero-order valence-electron chi connectivity index (χ0n) is 15.6. The molecule has 1 aliphatic heterocycles. The zero-order chi connectivity index (χ0) is 21.8. The predicted octanol–water partition coefficient (Wildman–Crippen LogP) is 4.26. The number of thioether (sulfide) groups is 2. The van der Waals surface area contributed by atoms with Crippen LogP contribution in [0.2, 0.25) is 0 Å². The summed E-state index contributed by atoms with van der Waals surface area (Å²) in [6, 6.07) is 8.31. The van der Waals surface area contributed by atoms with E-state index >= 15 is 0 Å². The molecular weight excluding hydrogens is 448 g/mol. The number of carboxylic acids is 1. The number of thiocarbonyl (C=S) groups is 1. The van der Waals surface area contributed by atoms with Crippen LogP contribution in [0.5, 0.6) is 0 Å². The monoisotopic (exact) mass is 464 g/mol. The van der Waals surface area contributed by atoms with E-state index in [4.69, 9.17) is 16.6 Å². The molecule has 1 atom stereocenters. The van der Waals surface area contributed by atoms with Crippen LogP contribution in [0.3, 0.4) is 0 Å². The van der Waals surface area contributed by atoms with Gasteiger partial charge in [-0.2, -0.15) is 11.8 Å². The lowest BCUT2D eigenvalue weighted by molar-refractivity contribution is -0.384. The number of hydrogen-bond donors (Lipinski definition) is 1. The third-order valence-electron chi connectivity index (χ3n) is 4.28. The second kappa shape index (κ2) is 9.45. The van der Waals surface area contributed by atoms with E-state index in [1.165, 1.54) is 23.9 Å². The average molecular weight is 465 g/mol. The molecule has 1 N–H and O–H groups in total. The fourth-order valence-corrected chi connectivity index (χ4v) is 4.68. The highest BCUT2D eigenvalue weighted by Crippen LogP contribution is 2.36. The number of furan rings is 1. The van der Waals surface area contributed by atoms with Crippen LogP contribution in [0.1, 0.15) is 12.2 Å². The molecule has 1 aromatic heterocycles. The molecule has 156 valence electrons. The van der Waals surface area contributed by atoms with Gasteiger partial charge in [-0.05, 0) is 36.6 Å². The largest absolute Gasteiger partial charge is 0.480 e. The van der Waals surface area contributed by atoms with Gasteiger partial charge in [-0.25, -0.2) is 4.79 Å². The first-order valence-electron chi connectivity index (χ1n) is 8.66. The molecule has 1 amide bonds. The van der Waals surface area contributed by atoms with E-state index in [2.05, 4.69) is 0 Å². The molecule has 2 aromatic rings. The van der Waals surface area contributed by atoms with Crippen LogP contribution in [-0.2, 0) is 9.59 Å². The molecule has 0 saturated carbocycles. The summed E-state index contributed by atoms with van der Waals surface area (Å²) in [5.74, 6) is -0.447. The van der Waals surface area contributed by atoms with Gasteiger partial charge in [-0.3, -0.25) is 19.8 Å². The number of aliphatic carboxylic acids is 1. The number of hydrogen-bond acceptors (Lipinski definition) is 8. The zero-order valence-corrected chi connectivity index (χ0v) is 18.1. The molecule has 1 fully saturated rings. The van der Waals surface area contributed by atoms with Crippen molar-refractivity contribution in [2.75, 3.05) is 12.0 Å². The lowest BCUT2D eigenvalue weighted by Gasteiger charge is -2.22. The smallest absolute Gasteiger partial charge is 0.326 e. The lowest BCUT2D eigenvalue weighted by Crippen LogP contribution is -2.44. The Kier molecular flexibility index (Phi) is 6.95. The van der Waals surface area contributed by atoms with Gasteiger partial charge in [0.05, 0.1) is 15.4 Å². The van der Waals surface area contributed by atoms with Crippen molar-refractivity contribution in [2.24, 2.45) is 0 Å². The number of carboxylic acid groups (broad SMARTS) is 1. The minimum atomic E-state index is -1.11.